The molecule has 0 aliphatic rings. The molecule has 2 rings (SSSR count). The van der Waals surface area contributed by atoms with Gasteiger partial charge in [-0.1, -0.05) is 18.2 Å². The Morgan fingerprint density at radius 3 is 2.65 bits per heavy atom. The summed E-state index contributed by atoms with van der Waals surface area (Å²) in [6.45, 7) is 2.55. The van der Waals surface area contributed by atoms with Crippen molar-refractivity contribution in [3.8, 4) is 0 Å². The Bertz CT molecular complexity index is 597. The van der Waals surface area contributed by atoms with E-state index in [1.54, 1.807) is 14.2 Å². The van der Waals surface area contributed by atoms with E-state index in [1.807, 2.05) is 0 Å². The number of ether oxygens (including phenoxy) is 1. The Balaban J connectivity index is 0.00000264. The van der Waals surface area contributed by atoms with Gasteiger partial charge in [-0.15, -0.1) is 24.0 Å². The molecule has 0 fully saturated rings. The summed E-state index contributed by atoms with van der Waals surface area (Å²) >= 11 is 0. The summed E-state index contributed by atoms with van der Waals surface area (Å²) in [5.41, 5.74) is 2.58. The predicted octanol–water partition coefficient (Wildman–Crippen LogP) is 2.92. The average Bonchev–Trinajstić information content (AvgIpc) is 2.97. The second kappa shape index (κ2) is 11.3. The zero-order valence-electron chi connectivity index (χ0n) is 13.9. The van der Waals surface area contributed by atoms with Gasteiger partial charge in [-0.3, -0.25) is 4.99 Å². The summed E-state index contributed by atoms with van der Waals surface area (Å²) in [6.07, 6.45) is 5.22. The van der Waals surface area contributed by atoms with Crippen molar-refractivity contribution in [3.63, 3.8) is 0 Å². The van der Waals surface area contributed by atoms with E-state index in [2.05, 4.69) is 51.1 Å². The summed E-state index contributed by atoms with van der Waals surface area (Å²) in [7, 11) is 3.52. The molecule has 1 heterocycles. The second-order valence-electron chi connectivity index (χ2n) is 5.24. The molecule has 0 aliphatic carbocycles. The maximum atomic E-state index is 5.03. The first kappa shape index (κ1) is 19.8. The lowest BCUT2D eigenvalue weighted by Gasteiger charge is -2.11. The molecular weight excluding hydrogens is 403 g/mol. The lowest BCUT2D eigenvalue weighted by Crippen LogP contribution is -2.38. The lowest BCUT2D eigenvalue weighted by molar-refractivity contribution is 0.195. The van der Waals surface area contributed by atoms with E-state index in [0.717, 1.165) is 44.9 Å². The molecule has 128 valence electrons. The topological polar surface area (TPSA) is 61.4 Å². The van der Waals surface area contributed by atoms with Crippen molar-refractivity contribution in [3.05, 3.63) is 36.0 Å². The third-order valence-corrected chi connectivity index (χ3v) is 3.63. The Morgan fingerprint density at radius 2 is 1.91 bits per heavy atom. The van der Waals surface area contributed by atoms with Gasteiger partial charge in [-0.2, -0.15) is 0 Å². The average molecular weight is 430 g/mol. The molecule has 2 aromatic rings. The van der Waals surface area contributed by atoms with Crippen LogP contribution in [0.3, 0.4) is 0 Å². The molecule has 0 atom stereocenters. The fourth-order valence-electron chi connectivity index (χ4n) is 2.47. The largest absolute Gasteiger partial charge is 0.385 e. The molecule has 23 heavy (non-hydrogen) atoms. The molecule has 3 N–H and O–H groups in total. The van der Waals surface area contributed by atoms with Crippen molar-refractivity contribution in [2.75, 3.05) is 33.9 Å². The fraction of sp³-hybridized carbons (Fsp3) is 0.471. The number of halogens is 1. The third kappa shape index (κ3) is 6.39. The van der Waals surface area contributed by atoms with Crippen LogP contribution in [0.15, 0.2) is 35.5 Å². The summed E-state index contributed by atoms with van der Waals surface area (Å²) < 4.78 is 5.03. The Kier molecular flexibility index (Phi) is 9.70. The van der Waals surface area contributed by atoms with Crippen LogP contribution in [-0.4, -0.2) is 44.8 Å². The third-order valence-electron chi connectivity index (χ3n) is 3.63. The van der Waals surface area contributed by atoms with Crippen LogP contribution >= 0.6 is 24.0 Å². The maximum Gasteiger partial charge on any atom is 0.190 e. The second-order valence-corrected chi connectivity index (χ2v) is 5.24. The monoisotopic (exact) mass is 430 g/mol. The summed E-state index contributed by atoms with van der Waals surface area (Å²) in [5, 5.41) is 7.95. The van der Waals surface area contributed by atoms with Gasteiger partial charge in [0.05, 0.1) is 0 Å². The minimum absolute atomic E-state index is 0. The molecule has 0 saturated carbocycles. The quantitative estimate of drug-likeness (QED) is 0.261. The molecule has 0 bridgehead atoms. The number of rotatable bonds is 8. The molecule has 1 aromatic heterocycles. The summed E-state index contributed by atoms with van der Waals surface area (Å²) in [6, 6.07) is 8.43. The molecule has 0 saturated heterocycles. The normalized spacial score (nSPS) is 11.3. The van der Waals surface area contributed by atoms with Gasteiger partial charge in [0.2, 0.25) is 0 Å². The van der Waals surface area contributed by atoms with Gasteiger partial charge in [0.25, 0.3) is 0 Å². The van der Waals surface area contributed by atoms with Gasteiger partial charge < -0.3 is 20.4 Å². The number of aryl methyl sites for hydroxylation is 1. The van der Waals surface area contributed by atoms with Crippen molar-refractivity contribution in [2.45, 2.75) is 19.3 Å². The fourth-order valence-corrected chi connectivity index (χ4v) is 2.47. The van der Waals surface area contributed by atoms with E-state index in [9.17, 15) is 0 Å². The van der Waals surface area contributed by atoms with Crippen LogP contribution < -0.4 is 10.6 Å². The van der Waals surface area contributed by atoms with Crippen LogP contribution in [-0.2, 0) is 11.2 Å². The number of aromatic amines is 1. The van der Waals surface area contributed by atoms with Gasteiger partial charge in [-0.25, -0.2) is 0 Å². The van der Waals surface area contributed by atoms with Crippen molar-refractivity contribution in [1.82, 2.24) is 15.6 Å². The first-order chi connectivity index (χ1) is 10.8. The number of guanidine groups is 1. The van der Waals surface area contributed by atoms with Crippen LogP contribution in [0.5, 0.6) is 0 Å². The van der Waals surface area contributed by atoms with E-state index >= 15 is 0 Å². The van der Waals surface area contributed by atoms with Crippen LogP contribution in [0.2, 0.25) is 0 Å². The Labute approximate surface area is 155 Å². The van der Waals surface area contributed by atoms with E-state index in [0.29, 0.717) is 0 Å². The van der Waals surface area contributed by atoms with Gasteiger partial charge in [0.15, 0.2) is 5.96 Å². The number of hydrogen-bond donors (Lipinski definition) is 3. The van der Waals surface area contributed by atoms with Gasteiger partial charge in [0, 0.05) is 51.0 Å². The van der Waals surface area contributed by atoms with Crippen LogP contribution in [0, 0.1) is 0 Å². The number of nitrogens with zero attached hydrogens (tertiary/aromatic N) is 1. The Morgan fingerprint density at radius 1 is 1.17 bits per heavy atom. The molecule has 1 aromatic carbocycles. The van der Waals surface area contributed by atoms with E-state index in [1.165, 1.54) is 16.5 Å². The number of H-pyrrole nitrogens is 1. The van der Waals surface area contributed by atoms with Crippen molar-refractivity contribution < 1.29 is 4.74 Å². The highest BCUT2D eigenvalue weighted by atomic mass is 127. The number of benzene rings is 1. The number of methoxy groups -OCH3 is 1. The number of aromatic nitrogens is 1. The van der Waals surface area contributed by atoms with E-state index < -0.39 is 0 Å². The number of fused-ring (bicyclic) bond motifs is 1. The smallest absolute Gasteiger partial charge is 0.190 e. The zero-order chi connectivity index (χ0) is 15.6. The van der Waals surface area contributed by atoms with Crippen molar-refractivity contribution in [1.29, 1.82) is 0 Å². The lowest BCUT2D eigenvalue weighted by atomic mass is 10.1. The minimum atomic E-state index is 0. The summed E-state index contributed by atoms with van der Waals surface area (Å²) in [4.78, 5) is 7.54. The summed E-state index contributed by atoms with van der Waals surface area (Å²) in [5.74, 6) is 0.857. The Hall–Kier alpha value is -1.28. The molecular formula is C17H27IN4O. The van der Waals surface area contributed by atoms with Crippen LogP contribution in [0.4, 0.5) is 0 Å². The predicted molar refractivity (Wildman–Crippen MR) is 108 cm³/mol. The first-order valence-corrected chi connectivity index (χ1v) is 7.83. The van der Waals surface area contributed by atoms with Crippen molar-refractivity contribution >= 4 is 40.8 Å². The minimum Gasteiger partial charge on any atom is -0.385 e. The van der Waals surface area contributed by atoms with Gasteiger partial charge in [0.1, 0.15) is 0 Å². The first-order valence-electron chi connectivity index (χ1n) is 7.83. The van der Waals surface area contributed by atoms with Crippen LogP contribution in [0.1, 0.15) is 18.4 Å². The highest BCUT2D eigenvalue weighted by Gasteiger charge is 2.02. The van der Waals surface area contributed by atoms with Crippen molar-refractivity contribution in [2.24, 2.45) is 4.99 Å². The molecule has 0 radical (unpaired) electrons. The van der Waals surface area contributed by atoms with Gasteiger partial charge in [-0.05, 0) is 30.9 Å². The highest BCUT2D eigenvalue weighted by Crippen LogP contribution is 2.18. The number of hydrogen-bond acceptors (Lipinski definition) is 2. The van der Waals surface area contributed by atoms with E-state index in [4.69, 9.17) is 4.74 Å². The number of para-hydroxylation sites is 1. The van der Waals surface area contributed by atoms with Gasteiger partial charge >= 0.3 is 0 Å². The molecule has 0 amide bonds. The SMILES string of the molecule is CN=C(NCCCOC)NCCCc1c[nH]c2ccccc12.I. The number of aliphatic imine (C=N–C) groups is 1. The maximum absolute atomic E-state index is 5.03. The molecule has 0 spiro atoms. The molecule has 0 unspecified atom stereocenters. The van der Waals surface area contributed by atoms with E-state index in [-0.39, 0.29) is 24.0 Å². The van der Waals surface area contributed by atoms with Crippen LogP contribution in [0.25, 0.3) is 10.9 Å². The standard InChI is InChI=1S/C17H26N4O.HI/c1-18-17(20-11-6-12-22-2)19-10-5-7-14-13-21-16-9-4-3-8-15(14)16;/h3-4,8-9,13,21H,5-7,10-12H2,1-2H3,(H2,18,19,20);1H. The zero-order valence-corrected chi connectivity index (χ0v) is 16.2. The number of nitrogens with one attached hydrogen (secondary N) is 3. The molecule has 5 nitrogen and oxygen atoms in total. The highest BCUT2D eigenvalue weighted by molar-refractivity contribution is 14.0. The molecule has 6 heteroatoms. The molecule has 0 aliphatic heterocycles.